The van der Waals surface area contributed by atoms with Gasteiger partial charge in [0.25, 0.3) is 5.22 Å². The molecule has 3 aromatic rings. The third-order valence-electron chi connectivity index (χ3n) is 4.77. The summed E-state index contributed by atoms with van der Waals surface area (Å²) in [6.45, 7) is 9.28. The van der Waals surface area contributed by atoms with Crippen LogP contribution in [0.1, 0.15) is 49.4 Å². The van der Waals surface area contributed by atoms with Crippen LogP contribution in [0.5, 0.6) is 0 Å². The molecule has 180 valence electrons. The average Bonchev–Trinajstić information content (AvgIpc) is 3.23. The molecule has 0 saturated carbocycles. The Balaban J connectivity index is 1.66. The van der Waals surface area contributed by atoms with E-state index in [1.165, 1.54) is 0 Å². The molecular formula is C25H30N4O4S. The Kier molecular flexibility index (Phi) is 8.33. The summed E-state index contributed by atoms with van der Waals surface area (Å²) in [5, 5.41) is 14.2. The highest BCUT2D eigenvalue weighted by Gasteiger charge is 2.25. The molecule has 1 heterocycles. The van der Waals surface area contributed by atoms with Crippen LogP contribution in [0.4, 0.5) is 10.5 Å². The second-order valence-electron chi connectivity index (χ2n) is 8.90. The van der Waals surface area contributed by atoms with E-state index in [4.69, 9.17) is 9.15 Å². The van der Waals surface area contributed by atoms with E-state index >= 15 is 0 Å². The molecule has 8 nitrogen and oxygen atoms in total. The molecule has 0 fully saturated rings. The first kappa shape index (κ1) is 25.3. The quantitative estimate of drug-likeness (QED) is 0.424. The fourth-order valence-electron chi connectivity index (χ4n) is 3.23. The Morgan fingerprint density at radius 3 is 2.35 bits per heavy atom. The molecule has 0 bridgehead atoms. The number of thioether (sulfide) groups is 1. The van der Waals surface area contributed by atoms with Gasteiger partial charge in [0, 0.05) is 12.1 Å². The van der Waals surface area contributed by atoms with Gasteiger partial charge < -0.3 is 19.8 Å². The van der Waals surface area contributed by atoms with Gasteiger partial charge in [-0.1, -0.05) is 60.3 Å². The van der Waals surface area contributed by atoms with E-state index < -0.39 is 17.7 Å². The molecule has 0 spiro atoms. The van der Waals surface area contributed by atoms with Crippen molar-refractivity contribution in [3.63, 3.8) is 0 Å². The number of alkyl carbamates (subject to hydrolysis) is 1. The zero-order valence-electron chi connectivity index (χ0n) is 20.0. The predicted octanol–water partition coefficient (Wildman–Crippen LogP) is 5.23. The van der Waals surface area contributed by atoms with Crippen molar-refractivity contribution in [3.8, 4) is 0 Å². The van der Waals surface area contributed by atoms with E-state index in [1.54, 1.807) is 20.8 Å². The number of aryl methyl sites for hydroxylation is 2. The van der Waals surface area contributed by atoms with Gasteiger partial charge in [-0.25, -0.2) is 4.79 Å². The average molecular weight is 483 g/mol. The molecule has 0 saturated heterocycles. The molecule has 0 aliphatic rings. The number of aromatic nitrogens is 2. The maximum absolute atomic E-state index is 12.5. The molecule has 1 atom stereocenters. The van der Waals surface area contributed by atoms with Crippen LogP contribution < -0.4 is 10.6 Å². The Morgan fingerprint density at radius 2 is 1.71 bits per heavy atom. The lowest BCUT2D eigenvalue weighted by Gasteiger charge is -2.22. The monoisotopic (exact) mass is 482 g/mol. The maximum atomic E-state index is 12.5. The number of carbonyl (C=O) groups excluding carboxylic acids is 2. The number of hydrogen-bond acceptors (Lipinski definition) is 7. The Morgan fingerprint density at radius 1 is 1.03 bits per heavy atom. The fraction of sp³-hybridized carbons (Fsp3) is 0.360. The van der Waals surface area contributed by atoms with E-state index in [-0.39, 0.29) is 22.8 Å². The Hall–Kier alpha value is -3.33. The highest BCUT2D eigenvalue weighted by Crippen LogP contribution is 2.24. The molecule has 0 unspecified atom stereocenters. The van der Waals surface area contributed by atoms with Crippen molar-refractivity contribution in [2.75, 3.05) is 11.1 Å². The number of amides is 2. The minimum atomic E-state index is -0.639. The molecule has 0 aliphatic heterocycles. The van der Waals surface area contributed by atoms with Gasteiger partial charge in [0.15, 0.2) is 0 Å². The van der Waals surface area contributed by atoms with E-state index in [9.17, 15) is 9.59 Å². The highest BCUT2D eigenvalue weighted by atomic mass is 32.2. The van der Waals surface area contributed by atoms with Gasteiger partial charge in [0.2, 0.25) is 11.8 Å². The van der Waals surface area contributed by atoms with Crippen molar-refractivity contribution in [2.24, 2.45) is 0 Å². The second kappa shape index (κ2) is 11.2. The van der Waals surface area contributed by atoms with E-state index in [0.717, 1.165) is 34.1 Å². The molecule has 3 rings (SSSR count). The summed E-state index contributed by atoms with van der Waals surface area (Å²) in [5.74, 6) is 0.181. The lowest BCUT2D eigenvalue weighted by atomic mass is 10.1. The number of nitrogens with one attached hydrogen (secondary N) is 2. The van der Waals surface area contributed by atoms with Gasteiger partial charge in [-0.15, -0.1) is 10.2 Å². The van der Waals surface area contributed by atoms with Gasteiger partial charge >= 0.3 is 6.09 Å². The number of para-hydroxylation sites is 1. The van der Waals surface area contributed by atoms with Gasteiger partial charge in [-0.3, -0.25) is 4.79 Å². The molecule has 0 aliphatic carbocycles. The molecule has 2 amide bonds. The van der Waals surface area contributed by atoms with Crippen molar-refractivity contribution in [1.29, 1.82) is 0 Å². The minimum absolute atomic E-state index is 0.109. The predicted molar refractivity (Wildman–Crippen MR) is 132 cm³/mol. The van der Waals surface area contributed by atoms with E-state index in [2.05, 4.69) is 20.8 Å². The standard InChI is InChI=1S/C25H30N4O4S/c1-16-10-9-11-17(2)21(16)27-20(30)15-34-24-29-28-22(32-24)19(14-18-12-7-6-8-13-18)26-23(31)33-25(3,4)5/h6-13,19H,14-15H2,1-5H3,(H,26,31)(H,27,30)/t19-/m0/s1. The van der Waals surface area contributed by atoms with Crippen LogP contribution >= 0.6 is 11.8 Å². The van der Waals surface area contributed by atoms with Crippen LogP contribution in [0.15, 0.2) is 58.2 Å². The molecule has 9 heteroatoms. The van der Waals surface area contributed by atoms with Gasteiger partial charge in [0.1, 0.15) is 11.6 Å². The normalized spacial score (nSPS) is 12.1. The zero-order valence-corrected chi connectivity index (χ0v) is 20.9. The molecular weight excluding hydrogens is 452 g/mol. The smallest absolute Gasteiger partial charge is 0.408 e. The number of benzene rings is 2. The summed E-state index contributed by atoms with van der Waals surface area (Å²) in [4.78, 5) is 24.9. The van der Waals surface area contributed by atoms with Gasteiger partial charge in [0.05, 0.1) is 5.75 Å². The first-order valence-corrected chi connectivity index (χ1v) is 11.9. The number of hydrogen-bond donors (Lipinski definition) is 2. The minimum Gasteiger partial charge on any atom is -0.444 e. The van der Waals surface area contributed by atoms with Crippen LogP contribution in [0.3, 0.4) is 0 Å². The first-order valence-electron chi connectivity index (χ1n) is 11.0. The van der Waals surface area contributed by atoms with Crippen molar-refractivity contribution in [1.82, 2.24) is 15.5 Å². The second-order valence-corrected chi connectivity index (χ2v) is 9.82. The van der Waals surface area contributed by atoms with E-state index in [1.807, 2.05) is 62.4 Å². The van der Waals surface area contributed by atoms with Crippen LogP contribution in [0, 0.1) is 13.8 Å². The van der Waals surface area contributed by atoms with Crippen LogP contribution in [0.25, 0.3) is 0 Å². The fourth-order valence-corrected chi connectivity index (χ4v) is 3.80. The number of carbonyl (C=O) groups is 2. The number of ether oxygens (including phenoxy) is 1. The summed E-state index contributed by atoms with van der Waals surface area (Å²) in [7, 11) is 0. The summed E-state index contributed by atoms with van der Waals surface area (Å²) in [6.07, 6.45) is -0.131. The maximum Gasteiger partial charge on any atom is 0.408 e. The first-order chi connectivity index (χ1) is 16.1. The molecule has 2 N–H and O–H groups in total. The Bertz CT molecular complexity index is 1110. The van der Waals surface area contributed by atoms with Crippen LogP contribution in [0.2, 0.25) is 0 Å². The summed E-state index contributed by atoms with van der Waals surface area (Å²) >= 11 is 1.14. The summed E-state index contributed by atoms with van der Waals surface area (Å²) in [6, 6.07) is 14.9. The number of rotatable bonds is 8. The largest absolute Gasteiger partial charge is 0.444 e. The zero-order chi connectivity index (χ0) is 24.7. The molecule has 0 radical (unpaired) electrons. The Labute approximate surface area is 203 Å². The van der Waals surface area contributed by atoms with Crippen molar-refractivity contribution >= 4 is 29.4 Å². The summed E-state index contributed by atoms with van der Waals surface area (Å²) in [5.41, 5.74) is 3.15. The van der Waals surface area contributed by atoms with E-state index in [0.29, 0.717) is 6.42 Å². The highest BCUT2D eigenvalue weighted by molar-refractivity contribution is 7.99. The van der Waals surface area contributed by atoms with Crippen LogP contribution in [-0.2, 0) is 16.0 Å². The molecule has 34 heavy (non-hydrogen) atoms. The number of anilines is 1. The van der Waals surface area contributed by atoms with Crippen molar-refractivity contribution in [2.45, 2.75) is 57.9 Å². The third kappa shape index (κ3) is 7.62. The number of nitrogens with zero attached hydrogens (tertiary/aromatic N) is 2. The van der Waals surface area contributed by atoms with Crippen molar-refractivity contribution < 1.29 is 18.7 Å². The lowest BCUT2D eigenvalue weighted by Crippen LogP contribution is -2.36. The van der Waals surface area contributed by atoms with Gasteiger partial charge in [-0.05, 0) is 51.3 Å². The SMILES string of the molecule is Cc1cccc(C)c1NC(=O)CSc1nnc([C@H](Cc2ccccc2)NC(=O)OC(C)(C)C)o1. The topological polar surface area (TPSA) is 106 Å². The summed E-state index contributed by atoms with van der Waals surface area (Å²) < 4.78 is 11.2. The molecule has 1 aromatic heterocycles. The lowest BCUT2D eigenvalue weighted by molar-refractivity contribution is -0.113. The van der Waals surface area contributed by atoms with Gasteiger partial charge in [-0.2, -0.15) is 0 Å². The third-order valence-corrected chi connectivity index (χ3v) is 5.58. The van der Waals surface area contributed by atoms with Crippen molar-refractivity contribution in [3.05, 3.63) is 71.1 Å². The molecule has 2 aromatic carbocycles. The van der Waals surface area contributed by atoms with Crippen LogP contribution in [-0.4, -0.2) is 33.6 Å².